The molecule has 1 aliphatic heterocycles. The van der Waals surface area contributed by atoms with Gasteiger partial charge >= 0.3 is 0 Å². The van der Waals surface area contributed by atoms with E-state index >= 15 is 0 Å². The first-order valence-corrected chi connectivity index (χ1v) is 11.1. The molecule has 1 atom stereocenters. The monoisotopic (exact) mass is 455 g/mol. The molecular formula is C19H16Cl2FN3O3S. The molecule has 152 valence electrons. The summed E-state index contributed by atoms with van der Waals surface area (Å²) in [6.07, 6.45) is 2.15. The number of aromatic nitrogens is 2. The highest BCUT2D eigenvalue weighted by molar-refractivity contribution is 7.86. The molecule has 29 heavy (non-hydrogen) atoms. The molecule has 2 heterocycles. The van der Waals surface area contributed by atoms with E-state index < -0.39 is 21.2 Å². The molecule has 2 aromatic carbocycles. The van der Waals surface area contributed by atoms with E-state index in [1.807, 2.05) is 0 Å². The predicted octanol–water partition coefficient (Wildman–Crippen LogP) is 4.60. The molecule has 3 aromatic rings. The first-order valence-electron chi connectivity index (χ1n) is 8.85. The Hall–Kier alpha value is -2.00. The van der Waals surface area contributed by atoms with Crippen molar-refractivity contribution in [2.75, 3.05) is 18.0 Å². The number of fused-ring (bicyclic) bond motifs is 1. The van der Waals surface area contributed by atoms with Crippen LogP contribution in [-0.4, -0.2) is 41.3 Å². The molecule has 1 aliphatic rings. The Morgan fingerprint density at radius 1 is 1.14 bits per heavy atom. The molecule has 1 N–H and O–H groups in total. The zero-order valence-corrected chi connectivity index (χ0v) is 17.3. The van der Waals surface area contributed by atoms with Crippen LogP contribution in [0.15, 0.2) is 36.7 Å². The second kappa shape index (κ2) is 7.68. The van der Waals surface area contributed by atoms with Crippen LogP contribution in [0, 0.1) is 5.82 Å². The Labute approximate surface area is 177 Å². The van der Waals surface area contributed by atoms with E-state index in [1.165, 1.54) is 12.4 Å². The highest BCUT2D eigenvalue weighted by Gasteiger charge is 2.31. The Morgan fingerprint density at radius 3 is 2.66 bits per heavy atom. The third-order valence-electron chi connectivity index (χ3n) is 5.05. The molecule has 1 aromatic heterocycles. The number of nitrogens with zero attached hydrogens (tertiary/aromatic N) is 3. The number of hydrogen-bond donors (Lipinski definition) is 1. The molecule has 1 saturated heterocycles. The molecule has 0 aliphatic carbocycles. The topological polar surface area (TPSA) is 83.4 Å². The van der Waals surface area contributed by atoms with Crippen molar-refractivity contribution in [2.24, 2.45) is 0 Å². The summed E-state index contributed by atoms with van der Waals surface area (Å²) < 4.78 is 47.3. The molecule has 10 heteroatoms. The molecule has 0 radical (unpaired) electrons. The van der Waals surface area contributed by atoms with E-state index in [2.05, 4.69) is 9.97 Å². The van der Waals surface area contributed by atoms with Gasteiger partial charge in [0.2, 0.25) is 0 Å². The average molecular weight is 456 g/mol. The summed E-state index contributed by atoms with van der Waals surface area (Å²) in [7, 11) is -4.19. The Balaban J connectivity index is 1.91. The number of halogens is 3. The number of piperidine rings is 1. The molecule has 0 amide bonds. The van der Waals surface area contributed by atoms with Gasteiger partial charge in [0.25, 0.3) is 10.1 Å². The van der Waals surface area contributed by atoms with E-state index in [0.717, 1.165) is 0 Å². The third kappa shape index (κ3) is 3.90. The van der Waals surface area contributed by atoms with E-state index in [1.54, 1.807) is 29.2 Å². The summed E-state index contributed by atoms with van der Waals surface area (Å²) in [4.78, 5) is 10.2. The van der Waals surface area contributed by atoms with Gasteiger partial charge in [-0.1, -0.05) is 35.3 Å². The lowest BCUT2D eigenvalue weighted by atomic mass is 9.99. The van der Waals surface area contributed by atoms with Crippen LogP contribution in [0.3, 0.4) is 0 Å². The van der Waals surface area contributed by atoms with Crippen molar-refractivity contribution in [3.8, 4) is 11.1 Å². The molecule has 0 bridgehead atoms. The normalized spacial score (nSPS) is 17.7. The van der Waals surface area contributed by atoms with Gasteiger partial charge in [-0.3, -0.25) is 4.55 Å². The SMILES string of the molecule is O=S(=O)(O)C1CCCN(c2ncnc3c(F)ccc(-c4ccc(Cl)c(Cl)c4)c23)C1. The average Bonchev–Trinajstić information content (AvgIpc) is 2.70. The predicted molar refractivity (Wildman–Crippen MR) is 112 cm³/mol. The highest BCUT2D eigenvalue weighted by Crippen LogP contribution is 2.38. The molecule has 1 fully saturated rings. The number of benzene rings is 2. The number of anilines is 1. The summed E-state index contributed by atoms with van der Waals surface area (Å²) in [5, 5.41) is 0.264. The van der Waals surface area contributed by atoms with Crippen molar-refractivity contribution in [2.45, 2.75) is 18.1 Å². The second-order valence-corrected chi connectivity index (χ2v) is 9.38. The summed E-state index contributed by atoms with van der Waals surface area (Å²) in [5.41, 5.74) is 1.46. The van der Waals surface area contributed by atoms with Crippen LogP contribution in [0.2, 0.25) is 10.0 Å². The fraction of sp³-hybridized carbons (Fsp3) is 0.263. The van der Waals surface area contributed by atoms with Crippen LogP contribution < -0.4 is 4.90 Å². The van der Waals surface area contributed by atoms with Gasteiger partial charge in [-0.15, -0.1) is 0 Å². The van der Waals surface area contributed by atoms with Gasteiger partial charge in [0.05, 0.1) is 15.4 Å². The molecular weight excluding hydrogens is 440 g/mol. The quantitative estimate of drug-likeness (QED) is 0.580. The van der Waals surface area contributed by atoms with Crippen molar-refractivity contribution in [1.29, 1.82) is 0 Å². The molecule has 6 nitrogen and oxygen atoms in total. The first-order chi connectivity index (χ1) is 13.8. The van der Waals surface area contributed by atoms with Gasteiger partial charge in [-0.2, -0.15) is 8.42 Å². The standard InChI is InChI=1S/C19H16Cl2FN3O3S/c20-14-5-3-11(8-15(14)21)13-4-6-16(22)18-17(13)19(24-10-23-18)25-7-1-2-12(9-25)29(26,27)28/h3-6,8,10,12H,1-2,7,9H2,(H,26,27,28). The van der Waals surface area contributed by atoms with Gasteiger partial charge < -0.3 is 4.90 Å². The molecule has 4 rings (SSSR count). The summed E-state index contributed by atoms with van der Waals surface area (Å²) in [6, 6.07) is 8.00. The van der Waals surface area contributed by atoms with E-state index in [-0.39, 0.29) is 12.1 Å². The number of hydrogen-bond acceptors (Lipinski definition) is 5. The smallest absolute Gasteiger partial charge is 0.269 e. The minimum absolute atomic E-state index is 0.0578. The van der Waals surface area contributed by atoms with Gasteiger partial charge in [0.15, 0.2) is 0 Å². The lowest BCUT2D eigenvalue weighted by molar-refractivity contribution is 0.446. The Morgan fingerprint density at radius 2 is 1.93 bits per heavy atom. The molecule has 0 saturated carbocycles. The molecule has 0 spiro atoms. The maximum Gasteiger partial charge on any atom is 0.269 e. The fourth-order valence-corrected chi connectivity index (χ4v) is 4.77. The minimum Gasteiger partial charge on any atom is -0.355 e. The maximum atomic E-state index is 14.5. The minimum atomic E-state index is -4.19. The third-order valence-corrected chi connectivity index (χ3v) is 7.01. The van der Waals surface area contributed by atoms with Gasteiger partial charge in [-0.25, -0.2) is 14.4 Å². The van der Waals surface area contributed by atoms with Crippen molar-refractivity contribution in [3.05, 3.63) is 52.5 Å². The fourth-order valence-electron chi connectivity index (χ4n) is 3.64. The number of rotatable bonds is 3. The van der Waals surface area contributed by atoms with Gasteiger partial charge in [0, 0.05) is 13.1 Å². The Kier molecular flexibility index (Phi) is 5.37. The van der Waals surface area contributed by atoms with Crippen molar-refractivity contribution in [1.82, 2.24) is 9.97 Å². The van der Waals surface area contributed by atoms with Gasteiger partial charge in [0.1, 0.15) is 28.7 Å². The lowest BCUT2D eigenvalue weighted by Gasteiger charge is -2.32. The van der Waals surface area contributed by atoms with Gasteiger partial charge in [-0.05, 0) is 42.2 Å². The van der Waals surface area contributed by atoms with Crippen LogP contribution >= 0.6 is 23.2 Å². The van der Waals surface area contributed by atoms with E-state index in [0.29, 0.717) is 51.8 Å². The first kappa shape index (κ1) is 20.3. The second-order valence-electron chi connectivity index (χ2n) is 6.87. The maximum absolute atomic E-state index is 14.5. The lowest BCUT2D eigenvalue weighted by Crippen LogP contribution is -2.42. The van der Waals surface area contributed by atoms with Crippen LogP contribution in [0.25, 0.3) is 22.0 Å². The van der Waals surface area contributed by atoms with Crippen LogP contribution in [-0.2, 0) is 10.1 Å². The largest absolute Gasteiger partial charge is 0.355 e. The summed E-state index contributed by atoms with van der Waals surface area (Å²) in [6.45, 7) is 0.581. The van der Waals surface area contributed by atoms with Crippen molar-refractivity contribution < 1.29 is 17.4 Å². The van der Waals surface area contributed by atoms with Crippen molar-refractivity contribution in [3.63, 3.8) is 0 Å². The zero-order valence-electron chi connectivity index (χ0n) is 15.0. The highest BCUT2D eigenvalue weighted by atomic mass is 35.5. The van der Waals surface area contributed by atoms with Crippen molar-refractivity contribution >= 4 is 50.0 Å². The summed E-state index contributed by atoms with van der Waals surface area (Å²) in [5.74, 6) is -0.111. The zero-order chi connectivity index (χ0) is 20.8. The van der Waals surface area contributed by atoms with Crippen LogP contribution in [0.1, 0.15) is 12.8 Å². The van der Waals surface area contributed by atoms with E-state index in [4.69, 9.17) is 23.2 Å². The van der Waals surface area contributed by atoms with Crippen LogP contribution in [0.4, 0.5) is 10.2 Å². The molecule has 1 unspecified atom stereocenters. The van der Waals surface area contributed by atoms with Crippen LogP contribution in [0.5, 0.6) is 0 Å². The van der Waals surface area contributed by atoms with E-state index in [9.17, 15) is 17.4 Å². The summed E-state index contributed by atoms with van der Waals surface area (Å²) >= 11 is 12.2. The Bertz CT molecular complexity index is 1210.